The molecule has 1 aliphatic carbocycles. The molecule has 3 aromatic rings. The minimum atomic E-state index is -0.100. The van der Waals surface area contributed by atoms with E-state index in [1.807, 2.05) is 35.4 Å². The van der Waals surface area contributed by atoms with Gasteiger partial charge < -0.3 is 14.4 Å². The second kappa shape index (κ2) is 5.19. The van der Waals surface area contributed by atoms with Crippen molar-refractivity contribution < 1.29 is 9.32 Å². The van der Waals surface area contributed by atoms with E-state index in [1.165, 1.54) is 0 Å². The molecule has 2 fully saturated rings. The number of carbonyl (C=O) groups excluding carboxylic acids is 1. The summed E-state index contributed by atoms with van der Waals surface area (Å²) in [6.45, 7) is 0.730. The van der Waals surface area contributed by atoms with E-state index < -0.39 is 0 Å². The molecule has 0 bridgehead atoms. The fraction of sp³-hybridized carbons (Fsp3) is 0.389. The van der Waals surface area contributed by atoms with Gasteiger partial charge >= 0.3 is 0 Å². The number of amides is 1. The summed E-state index contributed by atoms with van der Waals surface area (Å²) in [5, 5.41) is 5.20. The third-order valence-electron chi connectivity index (χ3n) is 5.00. The van der Waals surface area contributed by atoms with Crippen LogP contribution >= 0.6 is 0 Å². The smallest absolute Gasteiger partial charge is 0.254 e. The van der Waals surface area contributed by atoms with Crippen molar-refractivity contribution in [3.8, 4) is 0 Å². The van der Waals surface area contributed by atoms with Gasteiger partial charge in [-0.3, -0.25) is 4.79 Å². The van der Waals surface area contributed by atoms with E-state index in [9.17, 15) is 4.79 Å². The number of nitrogens with one attached hydrogen (secondary N) is 1. The van der Waals surface area contributed by atoms with Crippen molar-refractivity contribution in [1.29, 1.82) is 0 Å². The Labute approximate surface area is 138 Å². The Bertz CT molecular complexity index is 909. The molecule has 1 saturated carbocycles. The molecule has 2 aromatic heterocycles. The van der Waals surface area contributed by atoms with Crippen LogP contribution in [0.5, 0.6) is 0 Å². The first kappa shape index (κ1) is 13.8. The first-order valence-corrected chi connectivity index (χ1v) is 8.51. The Hall–Kier alpha value is -2.63. The zero-order chi connectivity index (χ0) is 16.1. The zero-order valence-corrected chi connectivity index (χ0v) is 13.2. The Morgan fingerprint density at radius 2 is 2.17 bits per heavy atom. The zero-order valence-electron chi connectivity index (χ0n) is 13.2. The molecule has 1 amide bonds. The second-order valence-corrected chi connectivity index (χ2v) is 6.70. The highest BCUT2D eigenvalue weighted by Crippen LogP contribution is 2.40. The molecule has 1 atom stereocenters. The van der Waals surface area contributed by atoms with Crippen LogP contribution < -0.4 is 0 Å². The van der Waals surface area contributed by atoms with Crippen LogP contribution in [0.25, 0.3) is 10.9 Å². The minimum absolute atomic E-state index is 0.0279. The highest BCUT2D eigenvalue weighted by atomic mass is 16.5. The molecule has 3 heterocycles. The molecule has 2 aliphatic rings. The number of aromatic amines is 1. The summed E-state index contributed by atoms with van der Waals surface area (Å²) >= 11 is 0. The van der Waals surface area contributed by atoms with E-state index in [0.29, 0.717) is 17.4 Å². The first-order chi connectivity index (χ1) is 11.8. The quantitative estimate of drug-likeness (QED) is 0.802. The summed E-state index contributed by atoms with van der Waals surface area (Å²) in [5.74, 6) is 1.88. The molecule has 6 heteroatoms. The molecule has 1 N–H and O–H groups in total. The van der Waals surface area contributed by atoms with Crippen molar-refractivity contribution in [3.05, 3.63) is 47.7 Å². The van der Waals surface area contributed by atoms with Crippen LogP contribution in [0.15, 0.2) is 35.0 Å². The SMILES string of the molecule is O=C(c1ccc2cc[nH]c2c1)N1CCCC1c1nc(C2CC2)no1. The summed E-state index contributed by atoms with van der Waals surface area (Å²) in [6.07, 6.45) is 6.01. The van der Waals surface area contributed by atoms with Crippen molar-refractivity contribution in [2.24, 2.45) is 0 Å². The van der Waals surface area contributed by atoms with E-state index in [4.69, 9.17) is 4.52 Å². The molecule has 1 aromatic carbocycles. The Balaban J connectivity index is 1.43. The topological polar surface area (TPSA) is 75.0 Å². The van der Waals surface area contributed by atoms with Crippen LogP contribution in [0.2, 0.25) is 0 Å². The van der Waals surface area contributed by atoms with E-state index >= 15 is 0 Å². The summed E-state index contributed by atoms with van der Waals surface area (Å²) in [7, 11) is 0. The lowest BCUT2D eigenvalue weighted by molar-refractivity contribution is 0.0710. The molecule has 1 unspecified atom stereocenters. The lowest BCUT2D eigenvalue weighted by Crippen LogP contribution is -2.30. The number of likely N-dealkylation sites (tertiary alicyclic amines) is 1. The largest absolute Gasteiger partial charge is 0.361 e. The van der Waals surface area contributed by atoms with Crippen molar-refractivity contribution in [3.63, 3.8) is 0 Å². The van der Waals surface area contributed by atoms with Gasteiger partial charge in [0.2, 0.25) is 5.89 Å². The minimum Gasteiger partial charge on any atom is -0.361 e. The van der Waals surface area contributed by atoms with E-state index in [2.05, 4.69) is 15.1 Å². The highest BCUT2D eigenvalue weighted by Gasteiger charge is 2.36. The predicted molar refractivity (Wildman–Crippen MR) is 87.6 cm³/mol. The van der Waals surface area contributed by atoms with Gasteiger partial charge in [-0.05, 0) is 49.3 Å². The maximum absolute atomic E-state index is 13.0. The van der Waals surface area contributed by atoms with Crippen molar-refractivity contribution in [2.45, 2.75) is 37.6 Å². The molecule has 122 valence electrons. The van der Waals surface area contributed by atoms with E-state index in [0.717, 1.165) is 49.0 Å². The van der Waals surface area contributed by atoms with Crippen molar-refractivity contribution in [2.75, 3.05) is 6.54 Å². The fourth-order valence-corrected chi connectivity index (χ4v) is 3.50. The van der Waals surface area contributed by atoms with Gasteiger partial charge in [-0.1, -0.05) is 11.2 Å². The Kier molecular flexibility index (Phi) is 2.98. The van der Waals surface area contributed by atoms with Crippen molar-refractivity contribution in [1.82, 2.24) is 20.0 Å². The van der Waals surface area contributed by atoms with Crippen LogP contribution in [0, 0.1) is 0 Å². The number of carbonyl (C=O) groups is 1. The van der Waals surface area contributed by atoms with Gasteiger partial charge in [0.1, 0.15) is 6.04 Å². The van der Waals surface area contributed by atoms with Crippen LogP contribution in [-0.2, 0) is 0 Å². The van der Waals surface area contributed by atoms with Gasteiger partial charge in [-0.2, -0.15) is 4.98 Å². The maximum atomic E-state index is 13.0. The van der Waals surface area contributed by atoms with Gasteiger partial charge in [-0.25, -0.2) is 0 Å². The highest BCUT2D eigenvalue weighted by molar-refractivity contribution is 5.98. The monoisotopic (exact) mass is 322 g/mol. The Morgan fingerprint density at radius 3 is 3.04 bits per heavy atom. The number of nitrogens with zero attached hydrogens (tertiary/aromatic N) is 3. The third-order valence-corrected chi connectivity index (χ3v) is 5.00. The predicted octanol–water partition coefficient (Wildman–Crippen LogP) is 3.41. The number of aromatic nitrogens is 3. The van der Waals surface area contributed by atoms with Crippen LogP contribution in [0.4, 0.5) is 0 Å². The molecule has 0 radical (unpaired) electrons. The number of rotatable bonds is 3. The normalized spacial score (nSPS) is 20.8. The Morgan fingerprint density at radius 1 is 1.25 bits per heavy atom. The summed E-state index contributed by atoms with van der Waals surface area (Å²) in [5.41, 5.74) is 1.67. The summed E-state index contributed by atoms with van der Waals surface area (Å²) in [4.78, 5) is 22.5. The first-order valence-electron chi connectivity index (χ1n) is 8.51. The number of benzene rings is 1. The molecule has 1 aliphatic heterocycles. The van der Waals surface area contributed by atoms with Crippen LogP contribution in [0.1, 0.15) is 59.7 Å². The van der Waals surface area contributed by atoms with E-state index in [1.54, 1.807) is 0 Å². The molecular formula is C18H18N4O2. The fourth-order valence-electron chi connectivity index (χ4n) is 3.50. The van der Waals surface area contributed by atoms with Crippen LogP contribution in [-0.4, -0.2) is 32.5 Å². The van der Waals surface area contributed by atoms with Gasteiger partial charge in [0.25, 0.3) is 5.91 Å². The van der Waals surface area contributed by atoms with Crippen LogP contribution in [0.3, 0.4) is 0 Å². The maximum Gasteiger partial charge on any atom is 0.254 e. The lowest BCUT2D eigenvalue weighted by Gasteiger charge is -2.22. The molecule has 5 rings (SSSR count). The average molecular weight is 322 g/mol. The van der Waals surface area contributed by atoms with Gasteiger partial charge in [0.15, 0.2) is 5.82 Å². The molecular weight excluding hydrogens is 304 g/mol. The number of H-pyrrole nitrogens is 1. The van der Waals surface area contributed by atoms with Crippen molar-refractivity contribution >= 4 is 16.8 Å². The lowest BCUT2D eigenvalue weighted by atomic mass is 10.1. The van der Waals surface area contributed by atoms with Gasteiger partial charge in [0, 0.05) is 29.7 Å². The molecule has 0 spiro atoms. The average Bonchev–Trinajstić information content (AvgIpc) is 3.06. The van der Waals surface area contributed by atoms with E-state index in [-0.39, 0.29) is 11.9 Å². The number of fused-ring (bicyclic) bond motifs is 1. The number of hydrogen-bond donors (Lipinski definition) is 1. The molecule has 6 nitrogen and oxygen atoms in total. The number of hydrogen-bond acceptors (Lipinski definition) is 4. The second-order valence-electron chi connectivity index (χ2n) is 6.70. The molecule has 24 heavy (non-hydrogen) atoms. The third kappa shape index (κ3) is 2.21. The van der Waals surface area contributed by atoms with Gasteiger partial charge in [0.05, 0.1) is 0 Å². The molecule has 1 saturated heterocycles. The van der Waals surface area contributed by atoms with Gasteiger partial charge in [-0.15, -0.1) is 0 Å². The summed E-state index contributed by atoms with van der Waals surface area (Å²) in [6, 6.07) is 7.67. The standard InChI is InChI=1S/C18H18N4O2/c23-18(13-6-3-11-7-8-19-14(11)10-13)22-9-1-2-15(22)17-20-16(21-24-17)12-4-5-12/h3,6-8,10,12,15,19H,1-2,4-5,9H2. The summed E-state index contributed by atoms with van der Waals surface area (Å²) < 4.78 is 5.46.